The van der Waals surface area contributed by atoms with Gasteiger partial charge in [0.2, 0.25) is 5.91 Å². The van der Waals surface area contributed by atoms with Gasteiger partial charge < -0.3 is 10.0 Å². The van der Waals surface area contributed by atoms with E-state index in [1.807, 2.05) is 18.2 Å². The minimum absolute atomic E-state index is 0.0414. The fourth-order valence-electron chi connectivity index (χ4n) is 2.75. The molecule has 5 nitrogen and oxygen atoms in total. The van der Waals surface area contributed by atoms with Crippen LogP contribution in [-0.2, 0) is 22.4 Å². The Labute approximate surface area is 129 Å². The summed E-state index contributed by atoms with van der Waals surface area (Å²) in [5, 5.41) is 8.64. The molecule has 5 heteroatoms. The van der Waals surface area contributed by atoms with Crippen LogP contribution < -0.4 is 0 Å². The second-order valence-electron chi connectivity index (χ2n) is 5.76. The Morgan fingerprint density at radius 2 is 1.77 bits per heavy atom. The highest BCUT2D eigenvalue weighted by Gasteiger charge is 2.16. The largest absolute Gasteiger partial charge is 0.480 e. The number of Topliss-reactive ketones (excluding diaryl/α,β-unsaturated/α-hetero) is 1. The molecule has 0 fully saturated rings. The second kappa shape index (κ2) is 7.20. The number of likely N-dealkylation sites (N-methyl/N-ethyl adjacent to an activating group) is 1. The number of carbonyl (C=O) groups excluding carboxylic acids is 2. The maximum Gasteiger partial charge on any atom is 0.323 e. The standard InChI is InChI=1S/C17H21NO4/c1-18(11-17(21)22)16(20)9-8-15(19)14-7-6-12-4-2-3-5-13(12)10-14/h6-7,10H,2-5,8-9,11H2,1H3,(H,21,22). The van der Waals surface area contributed by atoms with Crippen LogP contribution in [0, 0.1) is 0 Å². The summed E-state index contributed by atoms with van der Waals surface area (Å²) in [4.78, 5) is 35.6. The van der Waals surface area contributed by atoms with Crippen LogP contribution in [0.1, 0.15) is 47.2 Å². The summed E-state index contributed by atoms with van der Waals surface area (Å²) >= 11 is 0. The van der Waals surface area contributed by atoms with Gasteiger partial charge in [-0.25, -0.2) is 0 Å². The van der Waals surface area contributed by atoms with Crippen molar-refractivity contribution >= 4 is 17.7 Å². The average molecular weight is 303 g/mol. The summed E-state index contributed by atoms with van der Waals surface area (Å²) in [5.74, 6) is -1.45. The van der Waals surface area contributed by atoms with E-state index in [0.717, 1.165) is 24.2 Å². The Balaban J connectivity index is 1.92. The molecule has 0 aromatic heterocycles. The van der Waals surface area contributed by atoms with Crippen molar-refractivity contribution in [1.82, 2.24) is 4.90 Å². The molecule has 0 saturated carbocycles. The fraction of sp³-hybridized carbons (Fsp3) is 0.471. The zero-order valence-corrected chi connectivity index (χ0v) is 12.8. The third kappa shape index (κ3) is 4.16. The summed E-state index contributed by atoms with van der Waals surface area (Å²) in [7, 11) is 1.43. The van der Waals surface area contributed by atoms with E-state index in [9.17, 15) is 14.4 Å². The first-order chi connectivity index (χ1) is 10.5. The molecule has 0 atom stereocenters. The van der Waals surface area contributed by atoms with E-state index in [2.05, 4.69) is 0 Å². The van der Waals surface area contributed by atoms with E-state index in [0.29, 0.717) is 5.56 Å². The first-order valence-corrected chi connectivity index (χ1v) is 7.58. The number of carboxylic acid groups (broad SMARTS) is 1. The third-order valence-corrected chi connectivity index (χ3v) is 4.03. The van der Waals surface area contributed by atoms with E-state index in [1.54, 1.807) is 0 Å². The summed E-state index contributed by atoms with van der Waals surface area (Å²) in [6, 6.07) is 5.79. The number of benzene rings is 1. The molecular weight excluding hydrogens is 282 g/mol. The second-order valence-corrected chi connectivity index (χ2v) is 5.76. The van der Waals surface area contributed by atoms with Crippen molar-refractivity contribution in [2.24, 2.45) is 0 Å². The van der Waals surface area contributed by atoms with Crippen LogP contribution in [0.5, 0.6) is 0 Å². The zero-order chi connectivity index (χ0) is 16.1. The predicted molar refractivity (Wildman–Crippen MR) is 81.9 cm³/mol. The molecule has 1 aliphatic rings. The average Bonchev–Trinajstić information content (AvgIpc) is 2.51. The Morgan fingerprint density at radius 3 is 2.45 bits per heavy atom. The SMILES string of the molecule is CN(CC(=O)O)C(=O)CCC(=O)c1ccc2c(c1)CCCC2. The lowest BCUT2D eigenvalue weighted by Crippen LogP contribution is -2.32. The molecule has 118 valence electrons. The predicted octanol–water partition coefficient (Wildman–Crippen LogP) is 2.07. The molecule has 1 aromatic rings. The van der Waals surface area contributed by atoms with E-state index in [-0.39, 0.29) is 31.1 Å². The van der Waals surface area contributed by atoms with E-state index < -0.39 is 5.97 Å². The number of carboxylic acids is 1. The first kappa shape index (κ1) is 16.2. The topological polar surface area (TPSA) is 74.7 Å². The van der Waals surface area contributed by atoms with Gasteiger partial charge in [0.15, 0.2) is 5.78 Å². The summed E-state index contributed by atoms with van der Waals surface area (Å²) in [6.07, 6.45) is 4.59. The summed E-state index contributed by atoms with van der Waals surface area (Å²) < 4.78 is 0. The van der Waals surface area contributed by atoms with Gasteiger partial charge in [-0.15, -0.1) is 0 Å². The number of rotatable bonds is 6. The van der Waals surface area contributed by atoms with Gasteiger partial charge in [0, 0.05) is 25.5 Å². The number of ketones is 1. The van der Waals surface area contributed by atoms with E-state index in [1.165, 1.54) is 24.6 Å². The van der Waals surface area contributed by atoms with Crippen molar-refractivity contribution in [3.8, 4) is 0 Å². The normalized spacial score (nSPS) is 13.3. The van der Waals surface area contributed by atoms with Crippen molar-refractivity contribution in [3.63, 3.8) is 0 Å². The number of aliphatic carboxylic acids is 1. The molecule has 1 aliphatic carbocycles. The van der Waals surface area contributed by atoms with E-state index >= 15 is 0 Å². The number of hydrogen-bond acceptors (Lipinski definition) is 3. The van der Waals surface area contributed by atoms with Crippen LogP contribution in [0.2, 0.25) is 0 Å². The molecule has 0 spiro atoms. The Bertz CT molecular complexity index is 594. The van der Waals surface area contributed by atoms with Crippen molar-refractivity contribution in [1.29, 1.82) is 0 Å². The summed E-state index contributed by atoms with van der Waals surface area (Å²) in [6.45, 7) is -0.341. The molecule has 0 aliphatic heterocycles. The van der Waals surface area contributed by atoms with Crippen LogP contribution in [0.3, 0.4) is 0 Å². The number of aryl methyl sites for hydroxylation is 2. The molecule has 1 N–H and O–H groups in total. The van der Waals surface area contributed by atoms with Crippen molar-refractivity contribution in [2.45, 2.75) is 38.5 Å². The molecule has 0 bridgehead atoms. The highest BCUT2D eigenvalue weighted by molar-refractivity contribution is 5.98. The minimum Gasteiger partial charge on any atom is -0.480 e. The lowest BCUT2D eigenvalue weighted by molar-refractivity contribution is -0.143. The lowest BCUT2D eigenvalue weighted by atomic mass is 9.89. The number of fused-ring (bicyclic) bond motifs is 1. The quantitative estimate of drug-likeness (QED) is 0.816. The van der Waals surface area contributed by atoms with Crippen molar-refractivity contribution < 1.29 is 19.5 Å². The molecule has 1 aromatic carbocycles. The maximum absolute atomic E-state index is 12.2. The molecular formula is C17H21NO4. The van der Waals surface area contributed by atoms with Crippen LogP contribution in [0.25, 0.3) is 0 Å². The van der Waals surface area contributed by atoms with Crippen molar-refractivity contribution in [2.75, 3.05) is 13.6 Å². The van der Waals surface area contributed by atoms with Gasteiger partial charge in [-0.05, 0) is 42.9 Å². The Morgan fingerprint density at radius 1 is 1.09 bits per heavy atom. The van der Waals surface area contributed by atoms with Crippen LogP contribution in [0.4, 0.5) is 0 Å². The lowest BCUT2D eigenvalue weighted by Gasteiger charge is -2.16. The van der Waals surface area contributed by atoms with Gasteiger partial charge in [-0.3, -0.25) is 14.4 Å². The zero-order valence-electron chi connectivity index (χ0n) is 12.8. The third-order valence-electron chi connectivity index (χ3n) is 4.03. The van der Waals surface area contributed by atoms with Gasteiger partial charge >= 0.3 is 5.97 Å². The molecule has 22 heavy (non-hydrogen) atoms. The van der Waals surface area contributed by atoms with Crippen molar-refractivity contribution in [3.05, 3.63) is 34.9 Å². The van der Waals surface area contributed by atoms with Crippen LogP contribution >= 0.6 is 0 Å². The van der Waals surface area contributed by atoms with Crippen LogP contribution in [0.15, 0.2) is 18.2 Å². The van der Waals surface area contributed by atoms with E-state index in [4.69, 9.17) is 5.11 Å². The molecule has 1 amide bonds. The van der Waals surface area contributed by atoms with Gasteiger partial charge in [0.05, 0.1) is 0 Å². The maximum atomic E-state index is 12.2. The highest BCUT2D eigenvalue weighted by Crippen LogP contribution is 2.23. The Kier molecular flexibility index (Phi) is 5.31. The Hall–Kier alpha value is -2.17. The fourth-order valence-corrected chi connectivity index (χ4v) is 2.75. The monoisotopic (exact) mass is 303 g/mol. The van der Waals surface area contributed by atoms with Gasteiger partial charge in [0.25, 0.3) is 0 Å². The number of amides is 1. The number of nitrogens with zero attached hydrogens (tertiary/aromatic N) is 1. The van der Waals surface area contributed by atoms with Gasteiger partial charge in [0.1, 0.15) is 6.54 Å². The molecule has 2 rings (SSSR count). The van der Waals surface area contributed by atoms with Crippen LogP contribution in [-0.4, -0.2) is 41.3 Å². The molecule has 0 radical (unpaired) electrons. The number of carbonyl (C=O) groups is 3. The number of hydrogen-bond donors (Lipinski definition) is 1. The first-order valence-electron chi connectivity index (χ1n) is 7.58. The van der Waals surface area contributed by atoms with Gasteiger partial charge in [-0.2, -0.15) is 0 Å². The van der Waals surface area contributed by atoms with Gasteiger partial charge in [-0.1, -0.05) is 12.1 Å². The minimum atomic E-state index is -1.06. The molecule has 0 unspecified atom stereocenters. The molecule has 0 heterocycles. The summed E-state index contributed by atoms with van der Waals surface area (Å²) in [5.41, 5.74) is 3.21. The smallest absolute Gasteiger partial charge is 0.323 e. The molecule has 0 saturated heterocycles. The highest BCUT2D eigenvalue weighted by atomic mass is 16.4.